The van der Waals surface area contributed by atoms with Crippen LogP contribution in [0.25, 0.3) is 11.3 Å². The highest BCUT2D eigenvalue weighted by Gasteiger charge is 2.12. The van der Waals surface area contributed by atoms with Crippen LogP contribution in [0.2, 0.25) is 5.02 Å². The molecule has 34 heavy (non-hydrogen) atoms. The maximum absolute atomic E-state index is 12.6. The number of furan rings is 1. The average molecular weight is 475 g/mol. The first kappa shape index (κ1) is 22.8. The van der Waals surface area contributed by atoms with E-state index in [1.807, 2.05) is 18.2 Å². The number of ether oxygens (including phenoxy) is 1. The smallest absolute Gasteiger partial charge is 0.335 e. The number of halogens is 1. The zero-order valence-electron chi connectivity index (χ0n) is 17.8. The zero-order chi connectivity index (χ0) is 23.9. The van der Waals surface area contributed by atoms with Crippen LogP contribution in [0.5, 0.6) is 5.75 Å². The number of benzene rings is 3. The molecular weight excluding hydrogens is 456 g/mol. The Balaban J connectivity index is 1.39. The SMILES string of the molecule is O=C(O)c1ccc(-c2ccc(/C=N/NC(=O)c3ccccc3OCc3ccccc3Cl)o2)cc1. The van der Waals surface area contributed by atoms with Crippen molar-refractivity contribution in [3.05, 3.63) is 112 Å². The molecule has 4 rings (SSSR count). The van der Waals surface area contributed by atoms with Gasteiger partial charge in [-0.2, -0.15) is 5.10 Å². The summed E-state index contributed by atoms with van der Waals surface area (Å²) in [6.07, 6.45) is 1.38. The van der Waals surface area contributed by atoms with Crippen LogP contribution in [0.3, 0.4) is 0 Å². The van der Waals surface area contributed by atoms with Crippen LogP contribution < -0.4 is 10.2 Å². The number of nitrogens with one attached hydrogen (secondary N) is 1. The summed E-state index contributed by atoms with van der Waals surface area (Å²) in [6.45, 7) is 0.218. The monoisotopic (exact) mass is 474 g/mol. The highest BCUT2D eigenvalue weighted by molar-refractivity contribution is 6.31. The lowest BCUT2D eigenvalue weighted by Gasteiger charge is -2.11. The topological polar surface area (TPSA) is 101 Å². The van der Waals surface area contributed by atoms with Crippen molar-refractivity contribution in [1.29, 1.82) is 0 Å². The predicted octanol–water partition coefficient (Wildman–Crippen LogP) is 5.64. The number of carbonyl (C=O) groups is 2. The molecule has 0 saturated carbocycles. The largest absolute Gasteiger partial charge is 0.488 e. The molecule has 4 aromatic rings. The Hall–Kier alpha value is -4.36. The highest BCUT2D eigenvalue weighted by atomic mass is 35.5. The molecule has 1 heterocycles. The van der Waals surface area contributed by atoms with Crippen LogP contribution in [0.4, 0.5) is 0 Å². The molecule has 170 valence electrons. The fraction of sp³-hybridized carbons (Fsp3) is 0.0385. The molecule has 1 amide bonds. The number of carboxylic acid groups (broad SMARTS) is 1. The van der Waals surface area contributed by atoms with E-state index in [4.69, 9.17) is 25.9 Å². The highest BCUT2D eigenvalue weighted by Crippen LogP contribution is 2.23. The molecule has 0 saturated heterocycles. The van der Waals surface area contributed by atoms with E-state index in [0.717, 1.165) is 11.1 Å². The number of nitrogens with zero attached hydrogens (tertiary/aromatic N) is 1. The standard InChI is InChI=1S/C26H19ClN2O5/c27-22-7-3-1-5-19(22)16-33-24-8-4-2-6-21(24)25(30)29-28-15-20-13-14-23(34-20)17-9-11-18(12-10-17)26(31)32/h1-15H,16H2,(H,29,30)(H,31,32)/b28-15+. The summed E-state index contributed by atoms with van der Waals surface area (Å²) in [4.78, 5) is 23.6. The molecular formula is C26H19ClN2O5. The van der Waals surface area contributed by atoms with E-state index >= 15 is 0 Å². The Bertz CT molecular complexity index is 1350. The molecule has 0 radical (unpaired) electrons. The molecule has 0 bridgehead atoms. The van der Waals surface area contributed by atoms with Crippen molar-refractivity contribution in [2.24, 2.45) is 5.10 Å². The third-order valence-corrected chi connectivity index (χ3v) is 5.24. The van der Waals surface area contributed by atoms with Crippen LogP contribution in [-0.4, -0.2) is 23.2 Å². The fourth-order valence-electron chi connectivity index (χ4n) is 3.12. The van der Waals surface area contributed by atoms with Gasteiger partial charge >= 0.3 is 5.97 Å². The number of hydrazone groups is 1. The second-order valence-corrected chi connectivity index (χ2v) is 7.57. The summed E-state index contributed by atoms with van der Waals surface area (Å²) >= 11 is 6.17. The fourth-order valence-corrected chi connectivity index (χ4v) is 3.31. The van der Waals surface area contributed by atoms with Gasteiger partial charge < -0.3 is 14.3 Å². The summed E-state index contributed by atoms with van der Waals surface area (Å²) < 4.78 is 11.5. The molecule has 0 atom stereocenters. The van der Waals surface area contributed by atoms with Crippen molar-refractivity contribution in [3.8, 4) is 17.1 Å². The van der Waals surface area contributed by atoms with Crippen molar-refractivity contribution < 1.29 is 23.8 Å². The number of rotatable bonds is 8. The van der Waals surface area contributed by atoms with Crippen molar-refractivity contribution in [1.82, 2.24) is 5.43 Å². The molecule has 0 fully saturated rings. The normalized spacial score (nSPS) is 10.9. The third kappa shape index (κ3) is 5.51. The van der Waals surface area contributed by atoms with Gasteiger partial charge in [0.05, 0.1) is 17.3 Å². The Kier molecular flexibility index (Phi) is 7.05. The number of carbonyl (C=O) groups excluding carboxylic acids is 1. The van der Waals surface area contributed by atoms with Crippen LogP contribution >= 0.6 is 11.6 Å². The lowest BCUT2D eigenvalue weighted by molar-refractivity contribution is 0.0696. The minimum Gasteiger partial charge on any atom is -0.488 e. The second kappa shape index (κ2) is 10.5. The van der Waals surface area contributed by atoms with Crippen LogP contribution in [0.1, 0.15) is 32.0 Å². The van der Waals surface area contributed by atoms with E-state index < -0.39 is 11.9 Å². The Labute approximate surface area is 200 Å². The van der Waals surface area contributed by atoms with E-state index in [1.165, 1.54) is 18.3 Å². The molecule has 8 heteroatoms. The molecule has 0 spiro atoms. The summed E-state index contributed by atoms with van der Waals surface area (Å²) in [6, 6.07) is 23.9. The number of hydrogen-bond acceptors (Lipinski definition) is 5. The number of carboxylic acids is 1. The van der Waals surface area contributed by atoms with Crippen molar-refractivity contribution in [2.75, 3.05) is 0 Å². The molecule has 0 unspecified atom stereocenters. The van der Waals surface area contributed by atoms with E-state index in [1.54, 1.807) is 54.6 Å². The van der Waals surface area contributed by atoms with Gasteiger partial charge in [0.2, 0.25) is 0 Å². The second-order valence-electron chi connectivity index (χ2n) is 7.16. The van der Waals surface area contributed by atoms with Gasteiger partial charge in [-0.1, -0.05) is 54.1 Å². The van der Waals surface area contributed by atoms with Gasteiger partial charge in [-0.05, 0) is 42.5 Å². The molecule has 2 N–H and O–H groups in total. The van der Waals surface area contributed by atoms with E-state index in [9.17, 15) is 9.59 Å². The van der Waals surface area contributed by atoms with E-state index in [2.05, 4.69) is 10.5 Å². The average Bonchev–Trinajstić information content (AvgIpc) is 3.32. The van der Waals surface area contributed by atoms with Crippen molar-refractivity contribution in [2.45, 2.75) is 6.61 Å². The Morgan fingerprint density at radius 3 is 2.47 bits per heavy atom. The minimum atomic E-state index is -0.995. The quantitative estimate of drug-likeness (QED) is 0.254. The molecule has 0 aliphatic heterocycles. The van der Waals surface area contributed by atoms with E-state index in [0.29, 0.717) is 27.9 Å². The first-order valence-corrected chi connectivity index (χ1v) is 10.6. The van der Waals surface area contributed by atoms with Crippen molar-refractivity contribution in [3.63, 3.8) is 0 Å². The van der Waals surface area contributed by atoms with Gasteiger partial charge in [0.15, 0.2) is 0 Å². The van der Waals surface area contributed by atoms with Gasteiger partial charge in [0.25, 0.3) is 5.91 Å². The number of para-hydroxylation sites is 1. The summed E-state index contributed by atoms with van der Waals surface area (Å²) in [7, 11) is 0. The Morgan fingerprint density at radius 2 is 1.71 bits per heavy atom. The van der Waals surface area contributed by atoms with Gasteiger partial charge in [-0.25, -0.2) is 10.2 Å². The van der Waals surface area contributed by atoms with Gasteiger partial charge in [-0.3, -0.25) is 4.79 Å². The number of hydrogen-bond donors (Lipinski definition) is 2. The minimum absolute atomic E-state index is 0.191. The van der Waals surface area contributed by atoms with Crippen LogP contribution in [0, 0.1) is 0 Å². The van der Waals surface area contributed by atoms with Crippen LogP contribution in [-0.2, 0) is 6.61 Å². The Morgan fingerprint density at radius 1 is 0.971 bits per heavy atom. The number of aromatic carboxylic acids is 1. The molecule has 0 aliphatic rings. The van der Waals surface area contributed by atoms with Gasteiger partial charge in [0.1, 0.15) is 23.9 Å². The van der Waals surface area contributed by atoms with Gasteiger partial charge in [-0.15, -0.1) is 0 Å². The lowest BCUT2D eigenvalue weighted by atomic mass is 10.1. The third-order valence-electron chi connectivity index (χ3n) is 4.87. The van der Waals surface area contributed by atoms with Gasteiger partial charge in [0, 0.05) is 16.1 Å². The lowest BCUT2D eigenvalue weighted by Crippen LogP contribution is -2.18. The molecule has 1 aromatic heterocycles. The summed E-state index contributed by atoms with van der Waals surface area (Å²) in [5, 5.41) is 13.5. The maximum Gasteiger partial charge on any atom is 0.335 e. The first-order valence-electron chi connectivity index (χ1n) is 10.2. The van der Waals surface area contributed by atoms with Crippen molar-refractivity contribution >= 4 is 29.7 Å². The molecule has 0 aliphatic carbocycles. The number of amides is 1. The maximum atomic E-state index is 12.6. The summed E-state index contributed by atoms with van der Waals surface area (Å²) in [5.74, 6) is -0.0726. The zero-order valence-corrected chi connectivity index (χ0v) is 18.5. The summed E-state index contributed by atoms with van der Waals surface area (Å²) in [5.41, 5.74) is 4.51. The first-order chi connectivity index (χ1) is 16.5. The predicted molar refractivity (Wildman–Crippen MR) is 128 cm³/mol. The molecule has 7 nitrogen and oxygen atoms in total. The van der Waals surface area contributed by atoms with Crippen LogP contribution in [0.15, 0.2) is 94.4 Å². The molecule has 3 aromatic carbocycles. The van der Waals surface area contributed by atoms with E-state index in [-0.39, 0.29) is 12.2 Å².